The second-order valence-electron chi connectivity index (χ2n) is 14.9. The summed E-state index contributed by atoms with van der Waals surface area (Å²) in [6.45, 7) is 13.6. The molecule has 1 spiro atoms. The average molecular weight is 680 g/mol. The molecule has 0 aliphatic carbocycles. The molecule has 14 heteroatoms. The van der Waals surface area contributed by atoms with Crippen LogP contribution in [0.4, 0.5) is 32.4 Å². The molecule has 3 saturated heterocycles. The van der Waals surface area contributed by atoms with Crippen molar-refractivity contribution in [3.8, 4) is 11.6 Å². The third-order valence-electron chi connectivity index (χ3n) is 9.61. The van der Waals surface area contributed by atoms with Crippen LogP contribution in [0.15, 0.2) is 36.2 Å². The highest BCUT2D eigenvalue weighted by molar-refractivity contribution is 6.54. The maximum Gasteiger partial charge on any atom is 0.525 e. The van der Waals surface area contributed by atoms with E-state index in [4.69, 9.17) is 18.8 Å². The molecule has 48 heavy (non-hydrogen) atoms. The van der Waals surface area contributed by atoms with Crippen LogP contribution >= 0.6 is 0 Å². The number of halogens is 5. The number of pyridine rings is 1. The van der Waals surface area contributed by atoms with Crippen LogP contribution in [0.3, 0.4) is 0 Å². The molecule has 8 nitrogen and oxygen atoms in total. The Hall–Kier alpha value is -3.39. The number of piperidine rings is 2. The molecule has 3 fully saturated rings. The van der Waals surface area contributed by atoms with Crippen LogP contribution < -0.4 is 9.64 Å². The van der Waals surface area contributed by atoms with E-state index in [-0.39, 0.29) is 24.3 Å². The summed E-state index contributed by atoms with van der Waals surface area (Å²) >= 11 is 0. The van der Waals surface area contributed by atoms with Crippen molar-refractivity contribution in [2.75, 3.05) is 31.1 Å². The third-order valence-corrected chi connectivity index (χ3v) is 9.61. The topological polar surface area (TPSA) is 73.4 Å². The summed E-state index contributed by atoms with van der Waals surface area (Å²) in [5.41, 5.74) is -5.25. The number of carbonyl (C=O) groups is 1. The van der Waals surface area contributed by atoms with Crippen LogP contribution in [0.25, 0.3) is 6.08 Å². The first-order valence-electron chi connectivity index (χ1n) is 16.2. The van der Waals surface area contributed by atoms with Gasteiger partial charge in [0.1, 0.15) is 22.6 Å². The van der Waals surface area contributed by atoms with Crippen molar-refractivity contribution in [2.45, 2.75) is 97.1 Å². The van der Waals surface area contributed by atoms with Crippen LogP contribution in [-0.4, -0.2) is 66.1 Å². The number of nitrogens with zero attached hydrogens (tertiary/aromatic N) is 3. The van der Waals surface area contributed by atoms with Crippen molar-refractivity contribution >= 4 is 25.0 Å². The monoisotopic (exact) mass is 679 g/mol. The summed E-state index contributed by atoms with van der Waals surface area (Å²) < 4.78 is 98.6. The molecule has 3 aliphatic heterocycles. The molecule has 262 valence electrons. The third kappa shape index (κ3) is 7.59. The van der Waals surface area contributed by atoms with Gasteiger partial charge < -0.3 is 28.6 Å². The smallest absolute Gasteiger partial charge is 0.444 e. The molecule has 5 rings (SSSR count). The van der Waals surface area contributed by atoms with Gasteiger partial charge >= 0.3 is 19.4 Å². The normalized spacial score (nSPS) is 21.1. The summed E-state index contributed by atoms with van der Waals surface area (Å²) in [4.78, 5) is 19.7. The molecule has 1 amide bonds. The molecule has 0 bridgehead atoms. The standard InChI is InChI=1S/C34H43BF5N3O5/c1-30(2,3)46-29(44)42-18-14-33(15-19-42)13-9-17-43(21-33)27-22(20-25(37)35-47-31(4,5)32(6,7)48-35)11-12-24(26(27)34(38,39)40)45-28-23(36)10-8-16-41-28/h8,10-12,16,20H,9,13-15,17-19,21H2,1-7H3/b25-20-. The van der Waals surface area contributed by atoms with Gasteiger partial charge in [0.25, 0.3) is 5.88 Å². The van der Waals surface area contributed by atoms with Gasteiger partial charge in [-0.25, -0.2) is 18.6 Å². The van der Waals surface area contributed by atoms with Crippen LogP contribution in [0, 0.1) is 11.2 Å². The summed E-state index contributed by atoms with van der Waals surface area (Å²) in [6.07, 6.45) is -0.791. The largest absolute Gasteiger partial charge is 0.525 e. The Bertz CT molecular complexity index is 1530. The van der Waals surface area contributed by atoms with Gasteiger partial charge in [-0.05, 0) is 110 Å². The fourth-order valence-electron chi connectivity index (χ4n) is 6.42. The fraction of sp³-hybridized carbons (Fsp3) is 0.588. The summed E-state index contributed by atoms with van der Waals surface area (Å²) in [5.74, 6) is -2.22. The van der Waals surface area contributed by atoms with Crippen molar-refractivity contribution in [2.24, 2.45) is 5.41 Å². The zero-order chi connectivity index (χ0) is 35.3. The number of likely N-dealkylation sites (tertiary alicyclic amines) is 1. The lowest BCUT2D eigenvalue weighted by molar-refractivity contribution is -0.138. The number of benzene rings is 1. The van der Waals surface area contributed by atoms with Gasteiger partial charge in [-0.15, -0.1) is 0 Å². The highest BCUT2D eigenvalue weighted by atomic mass is 19.4. The Morgan fingerprint density at radius 3 is 2.23 bits per heavy atom. The predicted molar refractivity (Wildman–Crippen MR) is 172 cm³/mol. The van der Waals surface area contributed by atoms with E-state index >= 15 is 17.6 Å². The first-order valence-corrected chi connectivity index (χ1v) is 16.2. The summed E-state index contributed by atoms with van der Waals surface area (Å²) in [6, 6.07) is 4.69. The Balaban J connectivity index is 1.54. The fourth-order valence-corrected chi connectivity index (χ4v) is 6.42. The van der Waals surface area contributed by atoms with Crippen LogP contribution in [0.2, 0.25) is 0 Å². The number of amides is 1. The van der Waals surface area contributed by atoms with Gasteiger partial charge in [0.2, 0.25) is 0 Å². The number of hydrogen-bond acceptors (Lipinski definition) is 7. The Labute approximate surface area is 278 Å². The molecule has 3 aliphatic rings. The van der Waals surface area contributed by atoms with Gasteiger partial charge in [-0.2, -0.15) is 13.2 Å². The summed E-state index contributed by atoms with van der Waals surface area (Å²) in [5, 5.41) is 0. The van der Waals surface area contributed by atoms with E-state index in [1.54, 1.807) is 58.3 Å². The quantitative estimate of drug-likeness (QED) is 0.232. The maximum absolute atomic E-state index is 15.9. The van der Waals surface area contributed by atoms with E-state index in [0.717, 1.165) is 24.6 Å². The van der Waals surface area contributed by atoms with E-state index in [1.165, 1.54) is 18.3 Å². The lowest BCUT2D eigenvalue weighted by atomic mass is 9.72. The molecule has 0 N–H and O–H groups in total. The van der Waals surface area contributed by atoms with Gasteiger partial charge in [-0.1, -0.05) is 0 Å². The van der Waals surface area contributed by atoms with E-state index in [9.17, 15) is 9.18 Å². The Kier molecular flexibility index (Phi) is 9.59. The average Bonchev–Trinajstić information content (AvgIpc) is 3.20. The molecular weight excluding hydrogens is 636 g/mol. The zero-order valence-corrected chi connectivity index (χ0v) is 28.5. The zero-order valence-electron chi connectivity index (χ0n) is 28.5. The van der Waals surface area contributed by atoms with Gasteiger partial charge in [-0.3, -0.25) is 0 Å². The highest BCUT2D eigenvalue weighted by Crippen LogP contribution is 2.50. The highest BCUT2D eigenvalue weighted by Gasteiger charge is 2.53. The number of carbonyl (C=O) groups excluding carboxylic acids is 1. The molecule has 1 aromatic carbocycles. The minimum absolute atomic E-state index is 0.0633. The van der Waals surface area contributed by atoms with Gasteiger partial charge in [0, 0.05) is 37.9 Å². The van der Waals surface area contributed by atoms with Crippen molar-refractivity contribution < 1.29 is 45.5 Å². The minimum Gasteiger partial charge on any atom is -0.444 e. The second kappa shape index (κ2) is 12.8. The number of ether oxygens (including phenoxy) is 2. The van der Waals surface area contributed by atoms with Gasteiger partial charge in [0.15, 0.2) is 5.82 Å². The number of aromatic nitrogens is 1. The first-order chi connectivity index (χ1) is 22.2. The molecule has 0 atom stereocenters. The van der Waals surface area contributed by atoms with E-state index in [0.29, 0.717) is 32.4 Å². The van der Waals surface area contributed by atoms with Crippen molar-refractivity contribution in [3.63, 3.8) is 0 Å². The molecular formula is C34H43BF5N3O5. The lowest BCUT2D eigenvalue weighted by Gasteiger charge is -2.49. The molecule has 2 aromatic rings. The number of alkyl halides is 3. The minimum atomic E-state index is -4.98. The maximum atomic E-state index is 15.9. The lowest BCUT2D eigenvalue weighted by Crippen LogP contribution is -2.51. The Morgan fingerprint density at radius 1 is 1.00 bits per heavy atom. The van der Waals surface area contributed by atoms with Crippen molar-refractivity contribution in [1.82, 2.24) is 9.88 Å². The Morgan fingerprint density at radius 2 is 1.65 bits per heavy atom. The molecule has 4 heterocycles. The molecule has 1 aromatic heterocycles. The SMILES string of the molecule is CC(C)(C)OC(=O)N1CCC2(CCCN(c3c(/C=C(\F)B4OC(C)(C)C(C)(C)O4)ccc(Oc4ncccc4F)c3C(F)(F)F)C2)CC1. The van der Waals surface area contributed by atoms with E-state index < -0.39 is 70.3 Å². The van der Waals surface area contributed by atoms with Crippen molar-refractivity contribution in [1.29, 1.82) is 0 Å². The van der Waals surface area contributed by atoms with E-state index in [2.05, 4.69) is 4.98 Å². The number of rotatable bonds is 5. The first kappa shape index (κ1) is 35.9. The molecule has 0 saturated carbocycles. The predicted octanol–water partition coefficient (Wildman–Crippen LogP) is 8.59. The van der Waals surface area contributed by atoms with Crippen molar-refractivity contribution in [3.05, 3.63) is 53.1 Å². The van der Waals surface area contributed by atoms with Crippen LogP contribution in [0.1, 0.15) is 85.3 Å². The number of anilines is 1. The molecule has 0 radical (unpaired) electrons. The number of hydrogen-bond donors (Lipinski definition) is 0. The van der Waals surface area contributed by atoms with Crippen LogP contribution in [-0.2, 0) is 20.2 Å². The van der Waals surface area contributed by atoms with Gasteiger partial charge in [0.05, 0.1) is 16.9 Å². The molecule has 0 unspecified atom stereocenters. The van der Waals surface area contributed by atoms with Crippen LogP contribution in [0.5, 0.6) is 11.6 Å². The van der Waals surface area contributed by atoms with E-state index in [1.807, 2.05) is 0 Å². The summed E-state index contributed by atoms with van der Waals surface area (Å²) in [7, 11) is -1.43. The second-order valence-corrected chi connectivity index (χ2v) is 14.9.